The molecule has 0 saturated heterocycles. The summed E-state index contributed by atoms with van der Waals surface area (Å²) in [6, 6.07) is 5.86. The maximum atomic E-state index is 11.3. The second kappa shape index (κ2) is 5.93. The number of nitrogens with two attached hydrogens (primary N) is 2. The molecule has 104 valence electrons. The third-order valence-corrected chi connectivity index (χ3v) is 3.49. The summed E-state index contributed by atoms with van der Waals surface area (Å²) in [7, 11) is 0. The van der Waals surface area contributed by atoms with E-state index in [1.807, 2.05) is 0 Å². The van der Waals surface area contributed by atoms with Gasteiger partial charge in [0.05, 0.1) is 5.56 Å². The fraction of sp³-hybridized carbons (Fsp3) is 0.500. The van der Waals surface area contributed by atoms with Gasteiger partial charge < -0.3 is 16.8 Å². The summed E-state index contributed by atoms with van der Waals surface area (Å²) >= 11 is 0. The summed E-state index contributed by atoms with van der Waals surface area (Å²) in [5.41, 5.74) is 12.9. The highest BCUT2D eigenvalue weighted by Crippen LogP contribution is 2.26. The van der Waals surface area contributed by atoms with Crippen LogP contribution in [0.5, 0.6) is 0 Å². The quantitative estimate of drug-likeness (QED) is 0.646. The Morgan fingerprint density at radius 1 is 1.47 bits per heavy atom. The van der Waals surface area contributed by atoms with E-state index < -0.39 is 5.91 Å². The molecule has 5 heteroatoms. The number of anilines is 2. The zero-order valence-electron chi connectivity index (χ0n) is 11.4. The zero-order chi connectivity index (χ0) is 13.8. The average Bonchev–Trinajstić information content (AvgIpc) is 3.18. The Bertz CT molecular complexity index is 457. The van der Waals surface area contributed by atoms with E-state index in [2.05, 4.69) is 17.1 Å². The molecule has 19 heavy (non-hydrogen) atoms. The van der Waals surface area contributed by atoms with E-state index in [0.717, 1.165) is 31.4 Å². The molecule has 0 aromatic heterocycles. The van der Waals surface area contributed by atoms with Gasteiger partial charge in [0.25, 0.3) is 5.91 Å². The topological polar surface area (TPSA) is 84.4 Å². The molecule has 1 amide bonds. The lowest BCUT2D eigenvalue weighted by molar-refractivity contribution is 0.100. The molecular formula is C14H22N4O. The van der Waals surface area contributed by atoms with E-state index in [1.165, 1.54) is 12.8 Å². The predicted octanol–water partition coefficient (Wildman–Crippen LogP) is 1.26. The first-order valence-corrected chi connectivity index (χ1v) is 6.79. The van der Waals surface area contributed by atoms with Crippen molar-refractivity contribution >= 4 is 17.3 Å². The molecule has 0 unspecified atom stereocenters. The van der Waals surface area contributed by atoms with E-state index in [0.29, 0.717) is 11.3 Å². The second-order valence-corrected chi connectivity index (χ2v) is 4.96. The first-order valence-electron chi connectivity index (χ1n) is 6.79. The highest BCUT2D eigenvalue weighted by atomic mass is 16.1. The van der Waals surface area contributed by atoms with Gasteiger partial charge in [0.2, 0.25) is 0 Å². The lowest BCUT2D eigenvalue weighted by Gasteiger charge is -2.20. The number of carbonyl (C=O) groups is 1. The maximum Gasteiger partial charge on any atom is 0.250 e. The smallest absolute Gasteiger partial charge is 0.250 e. The summed E-state index contributed by atoms with van der Waals surface area (Å²) in [4.78, 5) is 13.8. The van der Waals surface area contributed by atoms with Crippen LogP contribution in [0.2, 0.25) is 0 Å². The minimum atomic E-state index is -0.433. The third kappa shape index (κ3) is 3.61. The van der Waals surface area contributed by atoms with Gasteiger partial charge in [0, 0.05) is 30.5 Å². The van der Waals surface area contributed by atoms with Crippen LogP contribution in [-0.2, 0) is 0 Å². The lowest BCUT2D eigenvalue weighted by Crippen LogP contribution is -2.31. The molecule has 2 rings (SSSR count). The summed E-state index contributed by atoms with van der Waals surface area (Å²) < 4.78 is 0. The van der Waals surface area contributed by atoms with Crippen LogP contribution in [0.1, 0.15) is 30.1 Å². The molecule has 1 aromatic rings. The number of benzene rings is 1. The number of nitrogens with zero attached hydrogens (tertiary/aromatic N) is 1. The van der Waals surface area contributed by atoms with Crippen LogP contribution in [0.15, 0.2) is 18.2 Å². The number of carbonyl (C=O) groups excluding carboxylic acids is 1. The van der Waals surface area contributed by atoms with Crippen molar-refractivity contribution in [2.24, 2.45) is 5.73 Å². The van der Waals surface area contributed by atoms with Gasteiger partial charge in [-0.2, -0.15) is 0 Å². The molecule has 0 heterocycles. The molecule has 0 aliphatic heterocycles. The van der Waals surface area contributed by atoms with Crippen molar-refractivity contribution in [3.63, 3.8) is 0 Å². The molecule has 0 atom stereocenters. The largest absolute Gasteiger partial charge is 0.399 e. The Morgan fingerprint density at radius 2 is 2.21 bits per heavy atom. The fourth-order valence-corrected chi connectivity index (χ4v) is 2.30. The summed E-state index contributed by atoms with van der Waals surface area (Å²) in [5.74, 6) is -0.433. The monoisotopic (exact) mass is 262 g/mol. The lowest BCUT2D eigenvalue weighted by atomic mass is 10.1. The molecule has 1 aromatic carbocycles. The van der Waals surface area contributed by atoms with Gasteiger partial charge in [-0.05, 0) is 37.6 Å². The SMILES string of the molecule is CCN(CCNc1cc(N)ccc1C(N)=O)C1CC1. The Hall–Kier alpha value is -1.75. The third-order valence-electron chi connectivity index (χ3n) is 3.49. The number of rotatable bonds is 7. The van der Waals surface area contributed by atoms with E-state index in [-0.39, 0.29) is 0 Å². The molecule has 5 nitrogen and oxygen atoms in total. The Kier molecular flexibility index (Phi) is 4.27. The van der Waals surface area contributed by atoms with E-state index in [9.17, 15) is 4.79 Å². The van der Waals surface area contributed by atoms with Gasteiger partial charge in [0.1, 0.15) is 0 Å². The van der Waals surface area contributed by atoms with Gasteiger partial charge in [0.15, 0.2) is 0 Å². The van der Waals surface area contributed by atoms with Crippen LogP contribution in [0.25, 0.3) is 0 Å². The van der Waals surface area contributed by atoms with Crippen LogP contribution >= 0.6 is 0 Å². The van der Waals surface area contributed by atoms with Crippen LogP contribution in [0.4, 0.5) is 11.4 Å². The van der Waals surface area contributed by atoms with Crippen molar-refractivity contribution in [1.29, 1.82) is 0 Å². The number of amides is 1. The minimum absolute atomic E-state index is 0.433. The highest BCUT2D eigenvalue weighted by Gasteiger charge is 2.27. The summed E-state index contributed by atoms with van der Waals surface area (Å²) in [6.45, 7) is 4.99. The molecule has 1 fully saturated rings. The Balaban J connectivity index is 1.94. The number of primary amides is 1. The fourth-order valence-electron chi connectivity index (χ4n) is 2.30. The first kappa shape index (κ1) is 13.7. The van der Waals surface area contributed by atoms with Crippen LogP contribution in [-0.4, -0.2) is 36.5 Å². The molecule has 1 aliphatic rings. The normalized spacial score (nSPS) is 14.6. The zero-order valence-corrected chi connectivity index (χ0v) is 11.4. The number of nitrogens with one attached hydrogen (secondary N) is 1. The number of nitrogen functional groups attached to an aromatic ring is 1. The second-order valence-electron chi connectivity index (χ2n) is 4.96. The van der Waals surface area contributed by atoms with Gasteiger partial charge in [-0.15, -0.1) is 0 Å². The van der Waals surface area contributed by atoms with Crippen molar-refractivity contribution in [3.05, 3.63) is 23.8 Å². The predicted molar refractivity (Wildman–Crippen MR) is 78.1 cm³/mol. The van der Waals surface area contributed by atoms with E-state index in [4.69, 9.17) is 11.5 Å². The van der Waals surface area contributed by atoms with Crippen LogP contribution < -0.4 is 16.8 Å². The Morgan fingerprint density at radius 3 is 2.79 bits per heavy atom. The molecule has 1 aliphatic carbocycles. The molecule has 0 radical (unpaired) electrons. The minimum Gasteiger partial charge on any atom is -0.399 e. The molecular weight excluding hydrogens is 240 g/mol. The van der Waals surface area contributed by atoms with E-state index >= 15 is 0 Å². The van der Waals surface area contributed by atoms with Gasteiger partial charge in [-0.25, -0.2) is 0 Å². The molecule has 0 bridgehead atoms. The maximum absolute atomic E-state index is 11.3. The molecule has 0 spiro atoms. The van der Waals surface area contributed by atoms with Crippen molar-refractivity contribution in [1.82, 2.24) is 4.90 Å². The number of hydrogen-bond acceptors (Lipinski definition) is 4. The molecule has 1 saturated carbocycles. The van der Waals surface area contributed by atoms with Crippen molar-refractivity contribution in [2.45, 2.75) is 25.8 Å². The van der Waals surface area contributed by atoms with Gasteiger partial charge >= 0.3 is 0 Å². The van der Waals surface area contributed by atoms with Crippen molar-refractivity contribution < 1.29 is 4.79 Å². The Labute approximate surface area is 113 Å². The standard InChI is InChI=1S/C14H22N4O/c1-2-18(11-4-5-11)8-7-17-13-9-10(15)3-6-12(13)14(16)19/h3,6,9,11,17H,2,4-5,7-8,15H2,1H3,(H2,16,19). The van der Waals surface area contributed by atoms with Crippen molar-refractivity contribution in [2.75, 3.05) is 30.7 Å². The van der Waals surface area contributed by atoms with Gasteiger partial charge in [-0.3, -0.25) is 9.69 Å². The van der Waals surface area contributed by atoms with Crippen LogP contribution in [0.3, 0.4) is 0 Å². The number of hydrogen-bond donors (Lipinski definition) is 3. The summed E-state index contributed by atoms with van der Waals surface area (Å²) in [5, 5.41) is 3.26. The van der Waals surface area contributed by atoms with E-state index in [1.54, 1.807) is 18.2 Å². The summed E-state index contributed by atoms with van der Waals surface area (Å²) in [6.07, 6.45) is 2.61. The van der Waals surface area contributed by atoms with Gasteiger partial charge in [-0.1, -0.05) is 6.92 Å². The van der Waals surface area contributed by atoms with Crippen molar-refractivity contribution in [3.8, 4) is 0 Å². The first-order chi connectivity index (χ1) is 9.11. The number of likely N-dealkylation sites (N-methyl/N-ethyl adjacent to an activating group) is 1. The average molecular weight is 262 g/mol. The van der Waals surface area contributed by atoms with Crippen LogP contribution in [0, 0.1) is 0 Å². The molecule has 5 N–H and O–H groups in total. The highest BCUT2D eigenvalue weighted by molar-refractivity contribution is 5.99.